The van der Waals surface area contributed by atoms with Crippen molar-refractivity contribution in [1.82, 2.24) is 4.90 Å². The van der Waals surface area contributed by atoms with Gasteiger partial charge < -0.3 is 4.90 Å². The number of rotatable bonds is 2. The van der Waals surface area contributed by atoms with Gasteiger partial charge >= 0.3 is 0 Å². The van der Waals surface area contributed by atoms with Crippen molar-refractivity contribution in [2.24, 2.45) is 5.92 Å². The van der Waals surface area contributed by atoms with E-state index in [2.05, 4.69) is 4.90 Å². The zero-order valence-corrected chi connectivity index (χ0v) is 10.6. The highest BCUT2D eigenvalue weighted by molar-refractivity contribution is 5.79. The zero-order valence-electron chi connectivity index (χ0n) is 10.6. The van der Waals surface area contributed by atoms with Crippen LogP contribution in [-0.2, 0) is 4.79 Å². The zero-order chi connectivity index (χ0) is 11.4. The number of amides is 1. The van der Waals surface area contributed by atoms with Crippen LogP contribution >= 0.6 is 0 Å². The molecule has 16 heavy (non-hydrogen) atoms. The van der Waals surface area contributed by atoms with Gasteiger partial charge in [-0.25, -0.2) is 0 Å². The average molecular weight is 223 g/mol. The lowest BCUT2D eigenvalue weighted by Gasteiger charge is -2.34. The molecule has 0 spiro atoms. The molecule has 2 aliphatic carbocycles. The van der Waals surface area contributed by atoms with Crippen LogP contribution in [0.5, 0.6) is 0 Å². The Hall–Kier alpha value is -0.530. The molecule has 0 aromatic heterocycles. The standard InChI is InChI=1S/C14H25NO/c1-15(13-10-6-3-7-11-13)14(16)12-8-4-2-5-9-12/h12-13H,2-11H2,1H3. The second-order valence-corrected chi connectivity index (χ2v) is 5.58. The summed E-state index contributed by atoms with van der Waals surface area (Å²) in [5.41, 5.74) is 0. The predicted molar refractivity (Wildman–Crippen MR) is 66.2 cm³/mol. The highest BCUT2D eigenvalue weighted by Crippen LogP contribution is 2.28. The molecule has 0 aromatic rings. The molecule has 0 unspecified atom stereocenters. The van der Waals surface area contributed by atoms with Gasteiger partial charge in [0.25, 0.3) is 0 Å². The van der Waals surface area contributed by atoms with Crippen molar-refractivity contribution in [1.29, 1.82) is 0 Å². The summed E-state index contributed by atoms with van der Waals surface area (Å²) in [6.45, 7) is 0. The summed E-state index contributed by atoms with van der Waals surface area (Å²) in [6.07, 6.45) is 12.6. The summed E-state index contributed by atoms with van der Waals surface area (Å²) < 4.78 is 0. The van der Waals surface area contributed by atoms with E-state index in [-0.39, 0.29) is 0 Å². The minimum Gasteiger partial charge on any atom is -0.343 e. The summed E-state index contributed by atoms with van der Waals surface area (Å²) in [5, 5.41) is 0. The molecule has 2 fully saturated rings. The predicted octanol–water partition coefficient (Wildman–Crippen LogP) is 3.36. The lowest BCUT2D eigenvalue weighted by Crippen LogP contribution is -2.42. The van der Waals surface area contributed by atoms with E-state index >= 15 is 0 Å². The first-order valence-corrected chi connectivity index (χ1v) is 7.05. The van der Waals surface area contributed by atoms with Gasteiger partial charge in [0.05, 0.1) is 0 Å². The van der Waals surface area contributed by atoms with Crippen LogP contribution in [0.3, 0.4) is 0 Å². The van der Waals surface area contributed by atoms with Crippen LogP contribution in [0.2, 0.25) is 0 Å². The maximum atomic E-state index is 12.3. The minimum absolute atomic E-state index is 0.348. The van der Waals surface area contributed by atoms with E-state index in [1.165, 1.54) is 51.4 Å². The van der Waals surface area contributed by atoms with Gasteiger partial charge in [0.2, 0.25) is 5.91 Å². The fourth-order valence-electron chi connectivity index (χ4n) is 3.29. The Balaban J connectivity index is 1.86. The third-order valence-electron chi connectivity index (χ3n) is 4.42. The van der Waals surface area contributed by atoms with Gasteiger partial charge in [-0.3, -0.25) is 4.79 Å². The number of carbonyl (C=O) groups is 1. The largest absolute Gasteiger partial charge is 0.343 e. The molecule has 0 bridgehead atoms. The number of hydrogen-bond acceptors (Lipinski definition) is 1. The molecule has 2 heteroatoms. The highest BCUT2D eigenvalue weighted by atomic mass is 16.2. The summed E-state index contributed by atoms with van der Waals surface area (Å²) in [6, 6.07) is 0.545. The van der Waals surface area contributed by atoms with Crippen molar-refractivity contribution < 1.29 is 4.79 Å². The number of nitrogens with zero attached hydrogens (tertiary/aromatic N) is 1. The van der Waals surface area contributed by atoms with E-state index in [4.69, 9.17) is 0 Å². The van der Waals surface area contributed by atoms with Crippen molar-refractivity contribution >= 4 is 5.91 Å². The molecule has 1 amide bonds. The second-order valence-electron chi connectivity index (χ2n) is 5.58. The molecule has 0 aliphatic heterocycles. The van der Waals surface area contributed by atoms with Crippen molar-refractivity contribution in [3.05, 3.63) is 0 Å². The molecule has 2 nitrogen and oxygen atoms in total. The number of hydrogen-bond donors (Lipinski definition) is 0. The Labute approximate surface area is 99.4 Å². The van der Waals surface area contributed by atoms with E-state index in [0.29, 0.717) is 17.9 Å². The van der Waals surface area contributed by atoms with Crippen molar-refractivity contribution in [3.63, 3.8) is 0 Å². The molecular weight excluding hydrogens is 198 g/mol. The van der Waals surface area contributed by atoms with E-state index in [0.717, 1.165) is 12.8 Å². The molecule has 2 rings (SSSR count). The number of carbonyl (C=O) groups excluding carboxylic acids is 1. The Kier molecular flexibility index (Phi) is 4.25. The topological polar surface area (TPSA) is 20.3 Å². The fourth-order valence-corrected chi connectivity index (χ4v) is 3.29. The lowest BCUT2D eigenvalue weighted by molar-refractivity contribution is -0.137. The molecule has 0 radical (unpaired) electrons. The smallest absolute Gasteiger partial charge is 0.225 e. The molecule has 2 aliphatic rings. The van der Waals surface area contributed by atoms with E-state index < -0.39 is 0 Å². The average Bonchev–Trinajstić information content (AvgIpc) is 2.39. The maximum absolute atomic E-state index is 12.3. The SMILES string of the molecule is CN(C(=O)C1CCCCC1)C1CCCCC1. The minimum atomic E-state index is 0.348. The molecule has 0 atom stereocenters. The van der Waals surface area contributed by atoms with Gasteiger partial charge in [-0.05, 0) is 25.7 Å². The van der Waals surface area contributed by atoms with Crippen LogP contribution in [0.1, 0.15) is 64.2 Å². The first-order valence-electron chi connectivity index (χ1n) is 7.05. The van der Waals surface area contributed by atoms with Crippen LogP contribution in [0, 0.1) is 5.92 Å². The molecular formula is C14H25NO. The fraction of sp³-hybridized carbons (Fsp3) is 0.929. The highest BCUT2D eigenvalue weighted by Gasteiger charge is 2.28. The molecule has 0 N–H and O–H groups in total. The van der Waals surface area contributed by atoms with E-state index in [1.807, 2.05) is 7.05 Å². The Morgan fingerprint density at radius 3 is 1.94 bits per heavy atom. The third-order valence-corrected chi connectivity index (χ3v) is 4.42. The summed E-state index contributed by atoms with van der Waals surface area (Å²) >= 11 is 0. The van der Waals surface area contributed by atoms with E-state index in [1.54, 1.807) is 0 Å². The van der Waals surface area contributed by atoms with Crippen LogP contribution in [0.4, 0.5) is 0 Å². The van der Waals surface area contributed by atoms with Crippen LogP contribution in [0.15, 0.2) is 0 Å². The summed E-state index contributed by atoms with van der Waals surface area (Å²) in [4.78, 5) is 14.4. The third kappa shape index (κ3) is 2.78. The summed E-state index contributed by atoms with van der Waals surface area (Å²) in [5.74, 6) is 0.785. The first-order chi connectivity index (χ1) is 7.79. The van der Waals surface area contributed by atoms with Gasteiger partial charge in [0, 0.05) is 19.0 Å². The normalized spacial score (nSPS) is 24.3. The Bertz CT molecular complexity index is 227. The van der Waals surface area contributed by atoms with Gasteiger partial charge in [-0.2, -0.15) is 0 Å². The molecule has 0 saturated heterocycles. The van der Waals surface area contributed by atoms with Crippen LogP contribution < -0.4 is 0 Å². The van der Waals surface area contributed by atoms with E-state index in [9.17, 15) is 4.79 Å². The molecule has 2 saturated carbocycles. The van der Waals surface area contributed by atoms with Crippen molar-refractivity contribution in [2.75, 3.05) is 7.05 Å². The quantitative estimate of drug-likeness (QED) is 0.703. The maximum Gasteiger partial charge on any atom is 0.225 e. The molecule has 0 heterocycles. The van der Waals surface area contributed by atoms with Gasteiger partial charge in [0.1, 0.15) is 0 Å². The van der Waals surface area contributed by atoms with Gasteiger partial charge in [0.15, 0.2) is 0 Å². The summed E-state index contributed by atoms with van der Waals surface area (Å²) in [7, 11) is 2.03. The monoisotopic (exact) mass is 223 g/mol. The lowest BCUT2D eigenvalue weighted by atomic mass is 9.87. The van der Waals surface area contributed by atoms with Crippen molar-refractivity contribution in [3.8, 4) is 0 Å². The second kappa shape index (κ2) is 5.70. The van der Waals surface area contributed by atoms with Crippen LogP contribution in [0.25, 0.3) is 0 Å². The first kappa shape index (κ1) is 11.9. The van der Waals surface area contributed by atoms with Gasteiger partial charge in [-0.1, -0.05) is 38.5 Å². The van der Waals surface area contributed by atoms with Crippen LogP contribution in [-0.4, -0.2) is 23.9 Å². The van der Waals surface area contributed by atoms with Crippen molar-refractivity contribution in [2.45, 2.75) is 70.3 Å². The Morgan fingerprint density at radius 1 is 0.875 bits per heavy atom. The van der Waals surface area contributed by atoms with Gasteiger partial charge in [-0.15, -0.1) is 0 Å². The molecule has 0 aromatic carbocycles. The Morgan fingerprint density at radius 2 is 1.38 bits per heavy atom. The molecule has 92 valence electrons.